The highest BCUT2D eigenvalue weighted by molar-refractivity contribution is 7.92. The lowest BCUT2D eigenvalue weighted by Gasteiger charge is -2.11. The maximum absolute atomic E-state index is 12.7. The summed E-state index contributed by atoms with van der Waals surface area (Å²) < 4.78 is 65.5. The molecule has 0 spiro atoms. The average Bonchev–Trinajstić information content (AvgIpc) is 2.65. The number of ether oxygens (including phenoxy) is 1. The van der Waals surface area contributed by atoms with Crippen LogP contribution >= 0.6 is 0 Å². The maximum atomic E-state index is 12.7. The SMILES string of the molecule is COC(=O)/C=C/C=C(c1ccccc1)c1ccc(S(=O)(=O)C(F)(F)F)cc1. The molecule has 27 heavy (non-hydrogen) atoms. The molecule has 8 heteroatoms. The zero-order valence-electron chi connectivity index (χ0n) is 14.1. The van der Waals surface area contributed by atoms with E-state index in [0.29, 0.717) is 11.1 Å². The first kappa shape index (κ1) is 20.4. The van der Waals surface area contributed by atoms with E-state index in [1.165, 1.54) is 31.4 Å². The molecule has 0 fully saturated rings. The van der Waals surface area contributed by atoms with E-state index in [4.69, 9.17) is 0 Å². The lowest BCUT2D eigenvalue weighted by Crippen LogP contribution is -2.23. The van der Waals surface area contributed by atoms with E-state index in [2.05, 4.69) is 4.74 Å². The number of benzene rings is 2. The third-order valence-electron chi connectivity index (χ3n) is 3.56. The number of alkyl halides is 3. The quantitative estimate of drug-likeness (QED) is 0.433. The lowest BCUT2D eigenvalue weighted by atomic mass is 9.97. The van der Waals surface area contributed by atoms with Gasteiger partial charge in [0.1, 0.15) is 0 Å². The fraction of sp³-hybridized carbons (Fsp3) is 0.105. The van der Waals surface area contributed by atoms with Gasteiger partial charge >= 0.3 is 11.5 Å². The van der Waals surface area contributed by atoms with Gasteiger partial charge in [0.2, 0.25) is 0 Å². The van der Waals surface area contributed by atoms with Gasteiger partial charge in [-0.3, -0.25) is 0 Å². The summed E-state index contributed by atoms with van der Waals surface area (Å²) >= 11 is 0. The van der Waals surface area contributed by atoms with Crippen LogP contribution in [0, 0.1) is 0 Å². The highest BCUT2D eigenvalue weighted by Gasteiger charge is 2.46. The van der Waals surface area contributed by atoms with E-state index in [1.807, 2.05) is 0 Å². The second-order valence-electron chi connectivity index (χ2n) is 5.30. The molecule has 2 rings (SSSR count). The minimum atomic E-state index is -5.41. The van der Waals surface area contributed by atoms with Crippen LogP contribution in [0.5, 0.6) is 0 Å². The van der Waals surface area contributed by atoms with Gasteiger partial charge < -0.3 is 4.74 Å². The summed E-state index contributed by atoms with van der Waals surface area (Å²) in [4.78, 5) is 10.4. The summed E-state index contributed by atoms with van der Waals surface area (Å²) in [6, 6.07) is 13.3. The summed E-state index contributed by atoms with van der Waals surface area (Å²) in [5.41, 5.74) is -3.56. The van der Waals surface area contributed by atoms with Crippen LogP contribution in [0.2, 0.25) is 0 Å². The molecular weight excluding hydrogens is 381 g/mol. The highest BCUT2D eigenvalue weighted by atomic mass is 32.2. The van der Waals surface area contributed by atoms with Gasteiger partial charge in [-0.15, -0.1) is 0 Å². The van der Waals surface area contributed by atoms with Crippen LogP contribution in [0.25, 0.3) is 5.57 Å². The van der Waals surface area contributed by atoms with E-state index in [0.717, 1.165) is 17.7 Å². The number of sulfone groups is 1. The van der Waals surface area contributed by atoms with Crippen molar-refractivity contribution in [1.82, 2.24) is 0 Å². The molecular formula is C19H15F3O4S. The Hall–Kier alpha value is -2.87. The zero-order chi connectivity index (χ0) is 20.1. The monoisotopic (exact) mass is 396 g/mol. The first-order valence-electron chi connectivity index (χ1n) is 7.60. The van der Waals surface area contributed by atoms with Crippen LogP contribution < -0.4 is 0 Å². The van der Waals surface area contributed by atoms with Crippen molar-refractivity contribution in [2.24, 2.45) is 0 Å². The van der Waals surface area contributed by atoms with Gasteiger partial charge in [-0.25, -0.2) is 13.2 Å². The van der Waals surface area contributed by atoms with Gasteiger partial charge in [0, 0.05) is 6.08 Å². The van der Waals surface area contributed by atoms with Crippen molar-refractivity contribution in [3.63, 3.8) is 0 Å². The van der Waals surface area contributed by atoms with Crippen LogP contribution in [0.15, 0.2) is 77.7 Å². The van der Waals surface area contributed by atoms with E-state index in [-0.39, 0.29) is 0 Å². The predicted octanol–water partition coefficient (Wildman–Crippen LogP) is 4.14. The third kappa shape index (κ3) is 4.85. The maximum Gasteiger partial charge on any atom is 0.501 e. The summed E-state index contributed by atoms with van der Waals surface area (Å²) in [5.74, 6) is -0.565. The summed E-state index contributed by atoms with van der Waals surface area (Å²) in [6.45, 7) is 0. The van der Waals surface area contributed by atoms with Gasteiger partial charge in [0.05, 0.1) is 12.0 Å². The van der Waals surface area contributed by atoms with E-state index >= 15 is 0 Å². The first-order chi connectivity index (χ1) is 12.7. The second kappa shape index (κ2) is 8.22. The fourth-order valence-electron chi connectivity index (χ4n) is 2.22. The molecule has 142 valence electrons. The van der Waals surface area contributed by atoms with Gasteiger partial charge in [0.25, 0.3) is 9.84 Å². The summed E-state index contributed by atoms with van der Waals surface area (Å²) in [5, 5.41) is 0. The number of hydrogen-bond acceptors (Lipinski definition) is 4. The Morgan fingerprint density at radius 1 is 0.963 bits per heavy atom. The number of allylic oxidation sites excluding steroid dienone is 2. The van der Waals surface area contributed by atoms with Crippen LogP contribution in [-0.2, 0) is 19.4 Å². The van der Waals surface area contributed by atoms with Crippen LogP contribution in [0.1, 0.15) is 11.1 Å². The molecule has 0 aliphatic heterocycles. The number of carbonyl (C=O) groups excluding carboxylic acids is 1. The van der Waals surface area contributed by atoms with Crippen molar-refractivity contribution < 1.29 is 31.1 Å². The van der Waals surface area contributed by atoms with Gasteiger partial charge in [0.15, 0.2) is 0 Å². The molecule has 0 N–H and O–H groups in total. The Kier molecular flexibility index (Phi) is 6.22. The molecule has 0 amide bonds. The Morgan fingerprint density at radius 3 is 2.04 bits per heavy atom. The molecule has 0 unspecified atom stereocenters. The normalized spacial score (nSPS) is 13.0. The van der Waals surface area contributed by atoms with Crippen molar-refractivity contribution in [1.29, 1.82) is 0 Å². The predicted molar refractivity (Wildman–Crippen MR) is 94.4 cm³/mol. The molecule has 0 aromatic heterocycles. The standard InChI is InChI=1S/C19H15F3O4S/c1-26-18(23)9-5-8-17(14-6-3-2-4-7-14)15-10-12-16(13-11-15)27(24,25)19(20,21)22/h2-13H,1H3/b9-5+,17-8?. The van der Waals surface area contributed by atoms with Crippen LogP contribution in [-0.4, -0.2) is 27.0 Å². The van der Waals surface area contributed by atoms with Crippen molar-refractivity contribution in [3.8, 4) is 0 Å². The minimum Gasteiger partial charge on any atom is -0.466 e. The highest BCUT2D eigenvalue weighted by Crippen LogP contribution is 2.31. The molecule has 2 aromatic carbocycles. The molecule has 0 heterocycles. The van der Waals surface area contributed by atoms with Gasteiger partial charge in [-0.05, 0) is 28.8 Å². The largest absolute Gasteiger partial charge is 0.501 e. The van der Waals surface area contributed by atoms with Gasteiger partial charge in [-0.2, -0.15) is 13.2 Å². The molecule has 0 bridgehead atoms. The molecule has 0 radical (unpaired) electrons. The topological polar surface area (TPSA) is 60.4 Å². The molecule has 0 saturated heterocycles. The Bertz CT molecular complexity index is 958. The Balaban J connectivity index is 2.47. The Morgan fingerprint density at radius 2 is 1.52 bits per heavy atom. The lowest BCUT2D eigenvalue weighted by molar-refractivity contribution is -0.134. The second-order valence-corrected chi connectivity index (χ2v) is 7.24. The molecule has 0 aliphatic rings. The number of halogens is 3. The van der Waals surface area contributed by atoms with Crippen molar-refractivity contribution in [3.05, 3.63) is 84.0 Å². The Labute approximate surface area is 154 Å². The molecule has 0 saturated carbocycles. The van der Waals surface area contributed by atoms with Crippen LogP contribution in [0.4, 0.5) is 13.2 Å². The van der Waals surface area contributed by atoms with Gasteiger partial charge in [-0.1, -0.05) is 54.6 Å². The number of esters is 1. The minimum absolute atomic E-state index is 0.483. The molecule has 2 aromatic rings. The summed E-state index contributed by atoms with van der Waals surface area (Å²) in [7, 11) is -4.18. The number of methoxy groups -OCH3 is 1. The molecule has 0 aliphatic carbocycles. The average molecular weight is 396 g/mol. The van der Waals surface area contributed by atoms with Crippen molar-refractivity contribution >= 4 is 21.4 Å². The number of hydrogen-bond donors (Lipinski definition) is 0. The third-order valence-corrected chi connectivity index (χ3v) is 5.06. The fourth-order valence-corrected chi connectivity index (χ4v) is 2.98. The van der Waals surface area contributed by atoms with E-state index in [1.54, 1.807) is 36.4 Å². The van der Waals surface area contributed by atoms with E-state index < -0.39 is 26.2 Å². The molecule has 0 atom stereocenters. The first-order valence-corrected chi connectivity index (χ1v) is 9.08. The number of rotatable bonds is 5. The van der Waals surface area contributed by atoms with E-state index in [9.17, 15) is 26.4 Å². The van der Waals surface area contributed by atoms with Crippen molar-refractivity contribution in [2.45, 2.75) is 10.4 Å². The number of carbonyl (C=O) groups is 1. The zero-order valence-corrected chi connectivity index (χ0v) is 14.9. The summed E-state index contributed by atoms with van der Waals surface area (Å²) in [6.07, 6.45) is 4.21. The molecule has 4 nitrogen and oxygen atoms in total. The smallest absolute Gasteiger partial charge is 0.466 e. The van der Waals surface area contributed by atoms with Crippen LogP contribution in [0.3, 0.4) is 0 Å². The van der Waals surface area contributed by atoms with Crippen molar-refractivity contribution in [2.75, 3.05) is 7.11 Å².